The molecule has 0 amide bonds. The molecule has 2 rings (SSSR count). The molecule has 5 nitrogen and oxygen atoms in total. The molecule has 0 spiro atoms. The van der Waals surface area contributed by atoms with E-state index in [0.717, 1.165) is 30.4 Å². The highest BCUT2D eigenvalue weighted by molar-refractivity contribution is 5.79. The van der Waals surface area contributed by atoms with E-state index >= 15 is 0 Å². The molecule has 2 N–H and O–H groups in total. The molecule has 5 heteroatoms. The summed E-state index contributed by atoms with van der Waals surface area (Å²) in [6.45, 7) is 5.48. The van der Waals surface area contributed by atoms with Crippen LogP contribution in [0.5, 0.6) is 5.75 Å². The molecule has 0 aliphatic heterocycles. The number of aromatic nitrogens is 1. The molecule has 24 heavy (non-hydrogen) atoms. The zero-order valence-electron chi connectivity index (χ0n) is 14.6. The summed E-state index contributed by atoms with van der Waals surface area (Å²) in [7, 11) is 1.78. The van der Waals surface area contributed by atoms with E-state index in [0.29, 0.717) is 12.6 Å². The quantitative estimate of drug-likeness (QED) is 0.606. The van der Waals surface area contributed by atoms with Crippen LogP contribution in [0, 0.1) is 0 Å². The lowest BCUT2D eigenvalue weighted by Gasteiger charge is -2.16. The van der Waals surface area contributed by atoms with E-state index in [9.17, 15) is 0 Å². The number of rotatable bonds is 7. The highest BCUT2D eigenvalue weighted by atomic mass is 16.5. The van der Waals surface area contributed by atoms with Crippen LogP contribution >= 0.6 is 0 Å². The van der Waals surface area contributed by atoms with E-state index < -0.39 is 0 Å². The monoisotopic (exact) mass is 326 g/mol. The van der Waals surface area contributed by atoms with Gasteiger partial charge in [0, 0.05) is 25.8 Å². The molecule has 1 heterocycles. The molecule has 0 fully saturated rings. The van der Waals surface area contributed by atoms with Gasteiger partial charge in [0.1, 0.15) is 12.4 Å². The number of nitrogens with zero attached hydrogens (tertiary/aromatic N) is 2. The van der Waals surface area contributed by atoms with Gasteiger partial charge in [0.05, 0.1) is 5.69 Å². The Balaban J connectivity index is 1.81. The van der Waals surface area contributed by atoms with Crippen LogP contribution in [-0.2, 0) is 13.2 Å². The predicted octanol–water partition coefficient (Wildman–Crippen LogP) is 3.12. The van der Waals surface area contributed by atoms with Crippen LogP contribution in [0.25, 0.3) is 0 Å². The topological polar surface area (TPSA) is 58.5 Å². The molecule has 128 valence electrons. The second kappa shape index (κ2) is 9.55. The minimum absolute atomic E-state index is 0.401. The molecule has 1 atom stereocenters. The maximum Gasteiger partial charge on any atom is 0.191 e. The number of hydrogen-bond acceptors (Lipinski definition) is 3. The Labute approximate surface area is 144 Å². The Morgan fingerprint density at radius 1 is 1.21 bits per heavy atom. The molecule has 0 radical (unpaired) electrons. The SMILES string of the molecule is CCC(C)NC(=NC)NCc1ccc(OCc2ccccn2)cc1. The maximum absolute atomic E-state index is 5.74. The lowest BCUT2D eigenvalue weighted by atomic mass is 10.2. The van der Waals surface area contributed by atoms with Crippen LogP contribution in [0.3, 0.4) is 0 Å². The molecular weight excluding hydrogens is 300 g/mol. The Bertz CT molecular complexity index is 626. The van der Waals surface area contributed by atoms with Crippen molar-refractivity contribution in [1.29, 1.82) is 0 Å². The largest absolute Gasteiger partial charge is 0.487 e. The third-order valence-electron chi connectivity index (χ3n) is 3.72. The third kappa shape index (κ3) is 5.91. The van der Waals surface area contributed by atoms with Crippen LogP contribution in [0.15, 0.2) is 53.7 Å². The highest BCUT2D eigenvalue weighted by Crippen LogP contribution is 2.13. The van der Waals surface area contributed by atoms with Crippen molar-refractivity contribution in [1.82, 2.24) is 15.6 Å². The smallest absolute Gasteiger partial charge is 0.191 e. The summed E-state index contributed by atoms with van der Waals surface area (Å²) < 4.78 is 5.74. The van der Waals surface area contributed by atoms with Crippen molar-refractivity contribution in [3.63, 3.8) is 0 Å². The van der Waals surface area contributed by atoms with Gasteiger partial charge in [-0.2, -0.15) is 0 Å². The Hall–Kier alpha value is -2.56. The molecule has 2 aromatic rings. The van der Waals surface area contributed by atoms with Crippen molar-refractivity contribution in [2.24, 2.45) is 4.99 Å². The van der Waals surface area contributed by atoms with Crippen LogP contribution in [0.2, 0.25) is 0 Å². The average Bonchev–Trinajstić information content (AvgIpc) is 2.64. The van der Waals surface area contributed by atoms with E-state index in [1.54, 1.807) is 13.2 Å². The molecule has 0 aliphatic carbocycles. The fraction of sp³-hybridized carbons (Fsp3) is 0.368. The summed E-state index contributed by atoms with van der Waals surface area (Å²) in [6, 6.07) is 14.3. The van der Waals surface area contributed by atoms with Crippen LogP contribution in [0.4, 0.5) is 0 Å². The summed E-state index contributed by atoms with van der Waals surface area (Å²) in [5.74, 6) is 1.66. The highest BCUT2D eigenvalue weighted by Gasteiger charge is 2.03. The molecular formula is C19H26N4O. The van der Waals surface area contributed by atoms with Gasteiger partial charge in [-0.15, -0.1) is 0 Å². The molecule has 0 saturated heterocycles. The second-order valence-electron chi connectivity index (χ2n) is 5.63. The lowest BCUT2D eigenvalue weighted by Crippen LogP contribution is -2.41. The Morgan fingerprint density at radius 3 is 2.62 bits per heavy atom. The number of nitrogens with one attached hydrogen (secondary N) is 2. The lowest BCUT2D eigenvalue weighted by molar-refractivity contribution is 0.301. The van der Waals surface area contributed by atoms with Crippen molar-refractivity contribution in [2.45, 2.75) is 39.5 Å². The van der Waals surface area contributed by atoms with E-state index in [1.807, 2.05) is 30.3 Å². The van der Waals surface area contributed by atoms with Crippen LogP contribution in [0.1, 0.15) is 31.5 Å². The van der Waals surface area contributed by atoms with Crippen molar-refractivity contribution in [3.05, 3.63) is 59.9 Å². The summed E-state index contributed by atoms with van der Waals surface area (Å²) in [5.41, 5.74) is 2.09. The molecule has 1 unspecified atom stereocenters. The maximum atomic E-state index is 5.74. The van der Waals surface area contributed by atoms with E-state index in [4.69, 9.17) is 4.74 Å². The minimum atomic E-state index is 0.401. The van der Waals surface area contributed by atoms with Gasteiger partial charge in [0.25, 0.3) is 0 Å². The summed E-state index contributed by atoms with van der Waals surface area (Å²) in [6.07, 6.45) is 2.83. The Morgan fingerprint density at radius 2 is 2.00 bits per heavy atom. The van der Waals surface area contributed by atoms with Gasteiger partial charge in [-0.25, -0.2) is 0 Å². The van der Waals surface area contributed by atoms with E-state index in [1.165, 1.54) is 5.56 Å². The number of hydrogen-bond donors (Lipinski definition) is 2. The first kappa shape index (κ1) is 17.8. The molecule has 0 saturated carbocycles. The standard InChI is InChI=1S/C19H26N4O/c1-4-15(2)23-19(20-3)22-13-16-8-10-18(11-9-16)24-14-17-7-5-6-12-21-17/h5-12,15H,4,13-14H2,1-3H3,(H2,20,22,23). The molecule has 1 aromatic carbocycles. The van der Waals surface area contributed by atoms with Gasteiger partial charge in [0.15, 0.2) is 5.96 Å². The summed E-state index contributed by atoms with van der Waals surface area (Å²) >= 11 is 0. The average molecular weight is 326 g/mol. The van der Waals surface area contributed by atoms with Crippen LogP contribution < -0.4 is 15.4 Å². The number of ether oxygens (including phenoxy) is 1. The first-order valence-electron chi connectivity index (χ1n) is 8.30. The van der Waals surface area contributed by atoms with Gasteiger partial charge < -0.3 is 15.4 Å². The van der Waals surface area contributed by atoms with Gasteiger partial charge in [-0.05, 0) is 43.2 Å². The first-order chi connectivity index (χ1) is 11.7. The number of pyridine rings is 1. The zero-order valence-corrected chi connectivity index (χ0v) is 14.6. The van der Waals surface area contributed by atoms with Gasteiger partial charge in [-0.1, -0.05) is 25.1 Å². The summed E-state index contributed by atoms with van der Waals surface area (Å²) in [4.78, 5) is 8.48. The Kier molecular flexibility index (Phi) is 7.08. The van der Waals surface area contributed by atoms with Crippen molar-refractivity contribution in [3.8, 4) is 5.75 Å². The first-order valence-corrected chi connectivity index (χ1v) is 8.30. The fourth-order valence-corrected chi connectivity index (χ4v) is 2.06. The van der Waals surface area contributed by atoms with Crippen LogP contribution in [-0.4, -0.2) is 24.0 Å². The van der Waals surface area contributed by atoms with Crippen molar-refractivity contribution < 1.29 is 4.74 Å². The van der Waals surface area contributed by atoms with Gasteiger partial charge in [-0.3, -0.25) is 9.98 Å². The van der Waals surface area contributed by atoms with E-state index in [2.05, 4.69) is 46.6 Å². The van der Waals surface area contributed by atoms with Gasteiger partial charge >= 0.3 is 0 Å². The summed E-state index contributed by atoms with van der Waals surface area (Å²) in [5, 5.41) is 6.66. The second-order valence-corrected chi connectivity index (χ2v) is 5.63. The zero-order chi connectivity index (χ0) is 17.2. The number of benzene rings is 1. The van der Waals surface area contributed by atoms with Crippen molar-refractivity contribution in [2.75, 3.05) is 7.05 Å². The number of guanidine groups is 1. The number of aliphatic imine (C=N–C) groups is 1. The van der Waals surface area contributed by atoms with Gasteiger partial charge in [0.2, 0.25) is 0 Å². The molecule has 1 aromatic heterocycles. The van der Waals surface area contributed by atoms with E-state index in [-0.39, 0.29) is 0 Å². The minimum Gasteiger partial charge on any atom is -0.487 e. The third-order valence-corrected chi connectivity index (χ3v) is 3.72. The fourth-order valence-electron chi connectivity index (χ4n) is 2.06. The predicted molar refractivity (Wildman–Crippen MR) is 98.1 cm³/mol. The van der Waals surface area contributed by atoms with Crippen molar-refractivity contribution >= 4 is 5.96 Å². The normalized spacial score (nSPS) is 12.5. The molecule has 0 bridgehead atoms. The molecule has 0 aliphatic rings.